The van der Waals surface area contributed by atoms with Gasteiger partial charge in [0.1, 0.15) is 5.71 Å². The average molecular weight is 386 g/mol. The minimum absolute atomic E-state index is 0.124. The first-order valence-electron chi connectivity index (χ1n) is 9.24. The first-order chi connectivity index (χ1) is 13.0. The molecule has 0 bridgehead atoms. The summed E-state index contributed by atoms with van der Waals surface area (Å²) in [5, 5.41) is 0. The molecule has 2 heterocycles. The Morgan fingerprint density at radius 3 is 2.57 bits per heavy atom. The van der Waals surface area contributed by atoms with Gasteiger partial charge in [0.25, 0.3) is 5.91 Å². The van der Waals surface area contributed by atoms with E-state index in [0.717, 1.165) is 35.4 Å². The van der Waals surface area contributed by atoms with Crippen LogP contribution in [0.1, 0.15) is 55.4 Å². The van der Waals surface area contributed by atoms with Crippen LogP contribution in [0.3, 0.4) is 0 Å². The Balaban J connectivity index is 1.92. The SMILES string of the molecule is Cc1cc2c3c(c1)[C@@H](C)CC(C)(C)N3C(=O)C2=Nc1cccc(C(F)(F)F)c1. The summed E-state index contributed by atoms with van der Waals surface area (Å²) in [4.78, 5) is 19.4. The second-order valence-electron chi connectivity index (χ2n) is 8.32. The summed E-state index contributed by atoms with van der Waals surface area (Å²) in [5.41, 5.74) is 2.82. The molecule has 2 aromatic rings. The van der Waals surface area contributed by atoms with Gasteiger partial charge in [-0.2, -0.15) is 13.2 Å². The number of benzene rings is 2. The molecular formula is C22H21F3N2O. The van der Waals surface area contributed by atoms with Gasteiger partial charge in [-0.05, 0) is 62.9 Å². The van der Waals surface area contributed by atoms with Gasteiger partial charge < -0.3 is 4.90 Å². The maximum atomic E-state index is 13.3. The second kappa shape index (κ2) is 5.93. The smallest absolute Gasteiger partial charge is 0.300 e. The molecule has 0 fully saturated rings. The highest BCUT2D eigenvalue weighted by molar-refractivity contribution is 6.55. The number of carbonyl (C=O) groups is 1. The highest BCUT2D eigenvalue weighted by Crippen LogP contribution is 2.49. The number of rotatable bonds is 1. The minimum atomic E-state index is -4.45. The minimum Gasteiger partial charge on any atom is -0.300 e. The molecule has 0 spiro atoms. The van der Waals surface area contributed by atoms with Gasteiger partial charge in [0.15, 0.2) is 0 Å². The van der Waals surface area contributed by atoms with Crippen molar-refractivity contribution in [2.24, 2.45) is 4.99 Å². The number of carbonyl (C=O) groups excluding carboxylic acids is 1. The standard InChI is InChI=1S/C22H21F3N2O/c1-12-8-16-13(2)11-21(3,4)27-19(16)17(9-12)18(20(27)28)26-15-7-5-6-14(10-15)22(23,24)25/h5-10,13H,11H2,1-4H3/t13-/m0/s1. The number of nitrogens with zero attached hydrogens (tertiary/aromatic N) is 2. The second-order valence-corrected chi connectivity index (χ2v) is 8.32. The zero-order chi connectivity index (χ0) is 20.4. The monoisotopic (exact) mass is 386 g/mol. The maximum absolute atomic E-state index is 13.3. The van der Waals surface area contributed by atoms with Gasteiger partial charge in [-0.15, -0.1) is 0 Å². The average Bonchev–Trinajstić information content (AvgIpc) is 2.85. The first kappa shape index (κ1) is 18.7. The van der Waals surface area contributed by atoms with Crippen LogP contribution in [0, 0.1) is 6.92 Å². The molecule has 0 saturated carbocycles. The number of hydrogen-bond acceptors (Lipinski definition) is 2. The Morgan fingerprint density at radius 2 is 1.89 bits per heavy atom. The van der Waals surface area contributed by atoms with Gasteiger partial charge in [-0.3, -0.25) is 4.79 Å². The molecule has 0 saturated heterocycles. The van der Waals surface area contributed by atoms with Gasteiger partial charge in [-0.25, -0.2) is 4.99 Å². The topological polar surface area (TPSA) is 32.7 Å². The molecule has 0 aromatic heterocycles. The number of aliphatic imine (C=N–C) groups is 1. The molecule has 6 heteroatoms. The van der Waals surface area contributed by atoms with Crippen molar-refractivity contribution < 1.29 is 18.0 Å². The van der Waals surface area contributed by atoms with Crippen molar-refractivity contribution in [1.82, 2.24) is 0 Å². The summed E-state index contributed by atoms with van der Waals surface area (Å²) in [6.07, 6.45) is -3.64. The van der Waals surface area contributed by atoms with Gasteiger partial charge in [0, 0.05) is 11.1 Å². The zero-order valence-electron chi connectivity index (χ0n) is 16.2. The third kappa shape index (κ3) is 2.82. The van der Waals surface area contributed by atoms with Crippen molar-refractivity contribution in [1.29, 1.82) is 0 Å². The van der Waals surface area contributed by atoms with Crippen LogP contribution in [0.15, 0.2) is 41.4 Å². The Hall–Kier alpha value is -2.63. The number of aryl methyl sites for hydroxylation is 1. The summed E-state index contributed by atoms with van der Waals surface area (Å²) < 4.78 is 39.1. The summed E-state index contributed by atoms with van der Waals surface area (Å²) in [7, 11) is 0. The van der Waals surface area contributed by atoms with E-state index in [1.807, 2.05) is 26.8 Å². The fraction of sp³-hybridized carbons (Fsp3) is 0.364. The van der Waals surface area contributed by atoms with E-state index in [9.17, 15) is 18.0 Å². The molecule has 0 radical (unpaired) electrons. The van der Waals surface area contributed by atoms with Crippen molar-refractivity contribution in [3.63, 3.8) is 0 Å². The summed E-state index contributed by atoms with van der Waals surface area (Å²) in [6, 6.07) is 8.77. The van der Waals surface area contributed by atoms with Gasteiger partial charge in [-0.1, -0.05) is 24.6 Å². The lowest BCUT2D eigenvalue weighted by molar-refractivity contribution is -0.137. The fourth-order valence-electron chi connectivity index (χ4n) is 4.45. The van der Waals surface area contributed by atoms with Gasteiger partial charge in [0.2, 0.25) is 0 Å². The Kier molecular flexibility index (Phi) is 3.97. The van der Waals surface area contributed by atoms with Crippen LogP contribution < -0.4 is 4.90 Å². The van der Waals surface area contributed by atoms with Crippen LogP contribution in [0.4, 0.5) is 24.5 Å². The molecule has 0 N–H and O–H groups in total. The normalized spacial score (nSPS) is 22.0. The van der Waals surface area contributed by atoms with Crippen LogP contribution in [0.2, 0.25) is 0 Å². The predicted molar refractivity (Wildman–Crippen MR) is 103 cm³/mol. The van der Waals surface area contributed by atoms with Crippen molar-refractivity contribution in [3.8, 4) is 0 Å². The number of halogens is 3. The van der Waals surface area contributed by atoms with Gasteiger partial charge >= 0.3 is 6.18 Å². The summed E-state index contributed by atoms with van der Waals surface area (Å²) in [6.45, 7) is 8.13. The van der Waals surface area contributed by atoms with E-state index < -0.39 is 17.3 Å². The predicted octanol–water partition coefficient (Wildman–Crippen LogP) is 5.77. The lowest BCUT2D eigenvalue weighted by atomic mass is 9.80. The zero-order valence-corrected chi connectivity index (χ0v) is 16.2. The van der Waals surface area contributed by atoms with Crippen LogP contribution in [-0.4, -0.2) is 17.2 Å². The molecule has 3 nitrogen and oxygen atoms in total. The van der Waals surface area contributed by atoms with Crippen LogP contribution in [0.25, 0.3) is 0 Å². The Bertz CT molecular complexity index is 1020. The van der Waals surface area contributed by atoms with E-state index in [4.69, 9.17) is 0 Å². The lowest BCUT2D eigenvalue weighted by Gasteiger charge is -2.43. The molecule has 4 rings (SSSR count). The molecule has 1 amide bonds. The molecule has 2 aromatic carbocycles. The van der Waals surface area contributed by atoms with Gasteiger partial charge in [0.05, 0.1) is 16.9 Å². The molecule has 2 aliphatic heterocycles. The quantitative estimate of drug-likeness (QED) is 0.613. The number of alkyl halides is 3. The number of hydrogen-bond donors (Lipinski definition) is 0. The number of amides is 1. The summed E-state index contributed by atoms with van der Waals surface area (Å²) in [5.74, 6) is 0.0248. The Morgan fingerprint density at radius 1 is 1.18 bits per heavy atom. The van der Waals surface area contributed by atoms with E-state index in [1.54, 1.807) is 4.90 Å². The lowest BCUT2D eigenvalue weighted by Crippen LogP contribution is -2.50. The molecule has 146 valence electrons. The highest BCUT2D eigenvalue weighted by atomic mass is 19.4. The van der Waals surface area contributed by atoms with E-state index in [1.165, 1.54) is 12.1 Å². The van der Waals surface area contributed by atoms with Crippen LogP contribution in [0.5, 0.6) is 0 Å². The van der Waals surface area contributed by atoms with E-state index in [-0.39, 0.29) is 23.2 Å². The van der Waals surface area contributed by atoms with Crippen LogP contribution in [-0.2, 0) is 11.0 Å². The van der Waals surface area contributed by atoms with E-state index >= 15 is 0 Å². The highest BCUT2D eigenvalue weighted by Gasteiger charge is 2.48. The first-order valence-corrected chi connectivity index (χ1v) is 9.24. The van der Waals surface area contributed by atoms with Crippen molar-refractivity contribution >= 4 is 23.0 Å². The van der Waals surface area contributed by atoms with Crippen molar-refractivity contribution in [3.05, 3.63) is 58.7 Å². The third-order valence-corrected chi connectivity index (χ3v) is 5.52. The largest absolute Gasteiger partial charge is 0.416 e. The molecule has 0 aliphatic carbocycles. The Labute approximate surface area is 161 Å². The maximum Gasteiger partial charge on any atom is 0.416 e. The van der Waals surface area contributed by atoms with Crippen LogP contribution >= 0.6 is 0 Å². The van der Waals surface area contributed by atoms with E-state index in [2.05, 4.69) is 18.0 Å². The molecule has 0 unspecified atom stereocenters. The molecular weight excluding hydrogens is 365 g/mol. The molecule has 28 heavy (non-hydrogen) atoms. The fourth-order valence-corrected chi connectivity index (χ4v) is 4.45. The van der Waals surface area contributed by atoms with Crippen molar-refractivity contribution in [2.75, 3.05) is 4.90 Å². The molecule has 2 aliphatic rings. The van der Waals surface area contributed by atoms with Crippen molar-refractivity contribution in [2.45, 2.75) is 51.7 Å². The molecule has 1 atom stereocenters. The summed E-state index contributed by atoms with van der Waals surface area (Å²) >= 11 is 0. The third-order valence-electron chi connectivity index (χ3n) is 5.52. The number of anilines is 1. The van der Waals surface area contributed by atoms with E-state index in [0.29, 0.717) is 5.56 Å².